The molecule has 0 aliphatic carbocycles. The number of hydrogen-bond donors (Lipinski definition) is 1. The summed E-state index contributed by atoms with van der Waals surface area (Å²) in [6.07, 6.45) is 0. The third-order valence-corrected chi connectivity index (χ3v) is 3.92. The van der Waals surface area contributed by atoms with Crippen LogP contribution in [0.15, 0.2) is 40.9 Å². The highest BCUT2D eigenvalue weighted by atomic mass is 79.9. The molecule has 2 aromatic carbocycles. The van der Waals surface area contributed by atoms with Crippen molar-refractivity contribution in [3.8, 4) is 17.2 Å². The van der Waals surface area contributed by atoms with Crippen molar-refractivity contribution in [2.45, 2.75) is 6.54 Å². The van der Waals surface area contributed by atoms with Crippen LogP contribution in [0.25, 0.3) is 0 Å². The van der Waals surface area contributed by atoms with E-state index in [-0.39, 0.29) is 5.82 Å². The molecule has 23 heavy (non-hydrogen) atoms. The Bertz CT molecular complexity index is 681. The second kappa shape index (κ2) is 7.66. The average molecular weight is 382 g/mol. The Morgan fingerprint density at radius 2 is 2.04 bits per heavy atom. The van der Waals surface area contributed by atoms with Gasteiger partial charge in [-0.05, 0) is 45.8 Å². The lowest BCUT2D eigenvalue weighted by Gasteiger charge is -2.20. The van der Waals surface area contributed by atoms with Gasteiger partial charge in [0.2, 0.25) is 0 Å². The smallest absolute Gasteiger partial charge is 0.175 e. The molecular formula is C17H17BrFNO3. The Balaban J connectivity index is 1.46. The molecule has 0 spiro atoms. The SMILES string of the molecule is Fc1cccc(OCCNCc2cc(Br)c3c(c2)OCCO3)c1. The topological polar surface area (TPSA) is 39.7 Å². The maximum absolute atomic E-state index is 13.0. The van der Waals surface area contributed by atoms with E-state index in [1.165, 1.54) is 12.1 Å². The quantitative estimate of drug-likeness (QED) is 0.777. The molecule has 2 aromatic rings. The predicted octanol–water partition coefficient (Wildman–Crippen LogP) is 3.53. The van der Waals surface area contributed by atoms with E-state index in [9.17, 15) is 4.39 Å². The molecule has 0 unspecified atom stereocenters. The summed E-state index contributed by atoms with van der Waals surface area (Å²) < 4.78 is 30.6. The van der Waals surface area contributed by atoms with Gasteiger partial charge < -0.3 is 19.5 Å². The van der Waals surface area contributed by atoms with Crippen LogP contribution in [0.4, 0.5) is 4.39 Å². The van der Waals surface area contributed by atoms with Gasteiger partial charge in [-0.1, -0.05) is 6.07 Å². The molecule has 0 saturated heterocycles. The van der Waals surface area contributed by atoms with Crippen LogP contribution in [-0.2, 0) is 6.54 Å². The lowest BCUT2D eigenvalue weighted by molar-refractivity contribution is 0.170. The number of benzene rings is 2. The second-order valence-electron chi connectivity index (χ2n) is 5.08. The molecule has 122 valence electrons. The zero-order chi connectivity index (χ0) is 16.1. The monoisotopic (exact) mass is 381 g/mol. The van der Waals surface area contributed by atoms with Crippen LogP contribution in [0.3, 0.4) is 0 Å². The van der Waals surface area contributed by atoms with Crippen molar-refractivity contribution in [3.05, 3.63) is 52.3 Å². The molecule has 0 amide bonds. The minimum atomic E-state index is -0.295. The minimum Gasteiger partial charge on any atom is -0.492 e. The van der Waals surface area contributed by atoms with Crippen molar-refractivity contribution >= 4 is 15.9 Å². The van der Waals surface area contributed by atoms with Crippen LogP contribution >= 0.6 is 15.9 Å². The highest BCUT2D eigenvalue weighted by Crippen LogP contribution is 2.38. The van der Waals surface area contributed by atoms with Gasteiger partial charge in [0.15, 0.2) is 11.5 Å². The summed E-state index contributed by atoms with van der Waals surface area (Å²) in [7, 11) is 0. The van der Waals surface area contributed by atoms with E-state index in [1.54, 1.807) is 12.1 Å². The van der Waals surface area contributed by atoms with Gasteiger partial charge in [-0.2, -0.15) is 0 Å². The highest BCUT2D eigenvalue weighted by molar-refractivity contribution is 9.10. The Morgan fingerprint density at radius 1 is 1.17 bits per heavy atom. The summed E-state index contributed by atoms with van der Waals surface area (Å²) in [4.78, 5) is 0. The van der Waals surface area contributed by atoms with Gasteiger partial charge in [-0.3, -0.25) is 0 Å². The lowest BCUT2D eigenvalue weighted by Crippen LogP contribution is -2.21. The van der Waals surface area contributed by atoms with E-state index in [2.05, 4.69) is 21.2 Å². The Hall–Kier alpha value is -1.79. The maximum atomic E-state index is 13.0. The first-order chi connectivity index (χ1) is 11.2. The van der Waals surface area contributed by atoms with Crippen LogP contribution in [0, 0.1) is 5.82 Å². The summed E-state index contributed by atoms with van der Waals surface area (Å²) in [6.45, 7) is 2.94. The van der Waals surface area contributed by atoms with Crippen LogP contribution in [0.1, 0.15) is 5.56 Å². The van der Waals surface area contributed by atoms with Crippen LogP contribution < -0.4 is 19.5 Å². The number of fused-ring (bicyclic) bond motifs is 1. The minimum absolute atomic E-state index is 0.295. The maximum Gasteiger partial charge on any atom is 0.175 e. The summed E-state index contributed by atoms with van der Waals surface area (Å²) in [6, 6.07) is 10.1. The molecular weight excluding hydrogens is 365 g/mol. The molecule has 3 rings (SSSR count). The summed E-state index contributed by atoms with van der Waals surface area (Å²) >= 11 is 3.50. The fourth-order valence-corrected chi connectivity index (χ4v) is 2.90. The van der Waals surface area contributed by atoms with Crippen molar-refractivity contribution in [3.63, 3.8) is 0 Å². The molecule has 1 aliphatic heterocycles. The van der Waals surface area contributed by atoms with Gasteiger partial charge in [0, 0.05) is 19.2 Å². The molecule has 1 heterocycles. The van der Waals surface area contributed by atoms with Crippen LogP contribution in [0.2, 0.25) is 0 Å². The number of ether oxygens (including phenoxy) is 3. The van der Waals surface area contributed by atoms with E-state index in [0.717, 1.165) is 21.5 Å². The molecule has 1 aliphatic rings. The summed E-state index contributed by atoms with van der Waals surface area (Å²) in [5.41, 5.74) is 1.09. The normalized spacial score (nSPS) is 13.0. The third-order valence-electron chi connectivity index (χ3n) is 3.33. The van der Waals surface area contributed by atoms with Gasteiger partial charge in [-0.25, -0.2) is 4.39 Å². The second-order valence-corrected chi connectivity index (χ2v) is 5.94. The van der Waals surface area contributed by atoms with E-state index in [4.69, 9.17) is 14.2 Å². The highest BCUT2D eigenvalue weighted by Gasteiger charge is 2.16. The molecule has 0 radical (unpaired) electrons. The molecule has 6 heteroatoms. The Kier molecular flexibility index (Phi) is 5.35. The van der Waals surface area contributed by atoms with Gasteiger partial charge in [0.05, 0.1) is 4.47 Å². The van der Waals surface area contributed by atoms with Gasteiger partial charge in [-0.15, -0.1) is 0 Å². The fraction of sp³-hybridized carbons (Fsp3) is 0.294. The number of halogens is 2. The van der Waals surface area contributed by atoms with Crippen molar-refractivity contribution in [1.29, 1.82) is 0 Å². The molecule has 0 aromatic heterocycles. The van der Waals surface area contributed by atoms with Gasteiger partial charge >= 0.3 is 0 Å². The van der Waals surface area contributed by atoms with Crippen molar-refractivity contribution in [2.24, 2.45) is 0 Å². The zero-order valence-electron chi connectivity index (χ0n) is 12.5. The predicted molar refractivity (Wildman–Crippen MR) is 88.7 cm³/mol. The van der Waals surface area contributed by atoms with E-state index < -0.39 is 0 Å². The largest absolute Gasteiger partial charge is 0.492 e. The molecule has 0 saturated carbocycles. The molecule has 0 atom stereocenters. The van der Waals surface area contributed by atoms with E-state index >= 15 is 0 Å². The number of nitrogens with one attached hydrogen (secondary N) is 1. The average Bonchev–Trinajstić information content (AvgIpc) is 2.55. The van der Waals surface area contributed by atoms with Gasteiger partial charge in [0.1, 0.15) is 31.4 Å². The standard InChI is InChI=1S/C17H17BrFNO3/c18-15-8-12(9-16-17(15)23-7-6-22-16)11-20-4-5-21-14-3-1-2-13(19)10-14/h1-3,8-10,20H,4-7,11H2. The first-order valence-corrected chi connectivity index (χ1v) is 8.19. The van der Waals surface area contributed by atoms with Gasteiger partial charge in [0.25, 0.3) is 0 Å². The Labute approximate surface area is 142 Å². The molecule has 4 nitrogen and oxygen atoms in total. The van der Waals surface area contributed by atoms with Crippen molar-refractivity contribution in [2.75, 3.05) is 26.4 Å². The van der Waals surface area contributed by atoms with Crippen LogP contribution in [0.5, 0.6) is 17.2 Å². The first kappa shape index (κ1) is 16.1. The summed E-state index contributed by atoms with van der Waals surface area (Å²) in [5.74, 6) is 1.76. The molecule has 1 N–H and O–H groups in total. The number of rotatable bonds is 6. The molecule has 0 bridgehead atoms. The number of hydrogen-bond acceptors (Lipinski definition) is 4. The van der Waals surface area contributed by atoms with E-state index in [0.29, 0.717) is 38.7 Å². The fourth-order valence-electron chi connectivity index (χ4n) is 2.30. The van der Waals surface area contributed by atoms with E-state index in [1.807, 2.05) is 12.1 Å². The third kappa shape index (κ3) is 4.36. The molecule has 0 fully saturated rings. The first-order valence-electron chi connectivity index (χ1n) is 7.39. The lowest BCUT2D eigenvalue weighted by atomic mass is 10.2. The summed E-state index contributed by atoms with van der Waals surface area (Å²) in [5, 5.41) is 3.28. The zero-order valence-corrected chi connectivity index (χ0v) is 14.1. The van der Waals surface area contributed by atoms with Crippen molar-refractivity contribution in [1.82, 2.24) is 5.32 Å². The van der Waals surface area contributed by atoms with Crippen molar-refractivity contribution < 1.29 is 18.6 Å². The Morgan fingerprint density at radius 3 is 2.91 bits per heavy atom. The van der Waals surface area contributed by atoms with Crippen LogP contribution in [-0.4, -0.2) is 26.4 Å².